The van der Waals surface area contributed by atoms with Gasteiger partial charge in [0, 0.05) is 25.4 Å². The van der Waals surface area contributed by atoms with Gasteiger partial charge >= 0.3 is 0 Å². The van der Waals surface area contributed by atoms with Crippen LogP contribution in [0.2, 0.25) is 0 Å². The Bertz CT molecular complexity index is 253. The number of carbonyl (C=O) groups excluding carboxylic acids is 2. The summed E-state index contributed by atoms with van der Waals surface area (Å²) in [6.07, 6.45) is 1.90. The Morgan fingerprint density at radius 3 is 2.73 bits per heavy atom. The summed E-state index contributed by atoms with van der Waals surface area (Å²) in [6.45, 7) is 2.48. The quantitative estimate of drug-likeness (QED) is 0.560. The average Bonchev–Trinajstić information content (AvgIpc) is 2.16. The number of hydrogen-bond donors (Lipinski definition) is 3. The second-order valence-corrected chi connectivity index (χ2v) is 4.34. The molecule has 0 aromatic heterocycles. The monoisotopic (exact) mass is 211 g/mol. The van der Waals surface area contributed by atoms with Crippen LogP contribution in [0.1, 0.15) is 19.3 Å². The van der Waals surface area contributed by atoms with E-state index in [1.807, 2.05) is 0 Å². The number of hydrogen-bond acceptors (Lipinski definition) is 3. The number of nitrogens with one attached hydrogen (secondary N) is 3. The van der Waals surface area contributed by atoms with Gasteiger partial charge in [-0.1, -0.05) is 0 Å². The number of amides is 2. The predicted octanol–water partition coefficient (Wildman–Crippen LogP) is -1.01. The van der Waals surface area contributed by atoms with E-state index in [2.05, 4.69) is 16.0 Å². The SMILES string of the molecule is O=C1CCC(NC(=O)CC2CNC2)CN1. The fourth-order valence-corrected chi connectivity index (χ4v) is 1.90. The van der Waals surface area contributed by atoms with Crippen LogP contribution in [0.5, 0.6) is 0 Å². The van der Waals surface area contributed by atoms with Gasteiger partial charge in [0.1, 0.15) is 0 Å². The average molecular weight is 211 g/mol. The molecule has 0 aromatic carbocycles. The maximum Gasteiger partial charge on any atom is 0.220 e. The van der Waals surface area contributed by atoms with Gasteiger partial charge in [-0.25, -0.2) is 0 Å². The molecule has 0 aromatic rings. The first-order valence-corrected chi connectivity index (χ1v) is 5.51. The Hall–Kier alpha value is -1.10. The minimum absolute atomic E-state index is 0.0868. The van der Waals surface area contributed by atoms with Crippen molar-refractivity contribution < 1.29 is 9.59 Å². The Kier molecular flexibility index (Phi) is 3.20. The maximum absolute atomic E-state index is 11.5. The largest absolute Gasteiger partial charge is 0.354 e. The van der Waals surface area contributed by atoms with E-state index in [9.17, 15) is 9.59 Å². The zero-order valence-corrected chi connectivity index (χ0v) is 8.71. The zero-order valence-electron chi connectivity index (χ0n) is 8.71. The lowest BCUT2D eigenvalue weighted by Crippen LogP contribution is -2.50. The first-order valence-electron chi connectivity index (χ1n) is 5.51. The van der Waals surface area contributed by atoms with Crippen molar-refractivity contribution in [3.63, 3.8) is 0 Å². The third-order valence-electron chi connectivity index (χ3n) is 2.97. The molecule has 0 radical (unpaired) electrons. The molecule has 2 amide bonds. The highest BCUT2D eigenvalue weighted by Gasteiger charge is 2.23. The van der Waals surface area contributed by atoms with Crippen molar-refractivity contribution in [3.05, 3.63) is 0 Å². The molecule has 0 spiro atoms. The van der Waals surface area contributed by atoms with Crippen molar-refractivity contribution in [2.45, 2.75) is 25.3 Å². The molecule has 15 heavy (non-hydrogen) atoms. The van der Waals surface area contributed by atoms with E-state index in [1.54, 1.807) is 0 Å². The molecule has 2 heterocycles. The summed E-state index contributed by atoms with van der Waals surface area (Å²) in [5.74, 6) is 0.703. The van der Waals surface area contributed by atoms with Crippen LogP contribution in [-0.2, 0) is 9.59 Å². The smallest absolute Gasteiger partial charge is 0.220 e. The van der Waals surface area contributed by atoms with Gasteiger partial charge < -0.3 is 16.0 Å². The molecule has 2 aliphatic rings. The zero-order chi connectivity index (χ0) is 10.7. The summed E-state index contributed by atoms with van der Waals surface area (Å²) >= 11 is 0. The van der Waals surface area contributed by atoms with Crippen LogP contribution in [-0.4, -0.2) is 37.5 Å². The molecule has 2 fully saturated rings. The Labute approximate surface area is 89.0 Å². The lowest BCUT2D eigenvalue weighted by atomic mass is 9.98. The standard InChI is InChI=1S/C10H17N3O2/c14-9-2-1-8(6-12-9)13-10(15)3-7-4-11-5-7/h7-8,11H,1-6H2,(H,12,14)(H,13,15). The lowest BCUT2D eigenvalue weighted by molar-refractivity contribution is -0.126. The van der Waals surface area contributed by atoms with Crippen LogP contribution in [0.3, 0.4) is 0 Å². The van der Waals surface area contributed by atoms with E-state index in [0.717, 1.165) is 19.5 Å². The highest BCUT2D eigenvalue weighted by molar-refractivity contribution is 5.79. The van der Waals surface area contributed by atoms with Gasteiger partial charge in [0.05, 0.1) is 0 Å². The van der Waals surface area contributed by atoms with Crippen molar-refractivity contribution in [2.75, 3.05) is 19.6 Å². The molecule has 0 aliphatic carbocycles. The lowest BCUT2D eigenvalue weighted by Gasteiger charge is -2.28. The highest BCUT2D eigenvalue weighted by Crippen LogP contribution is 2.09. The van der Waals surface area contributed by atoms with Gasteiger partial charge in [-0.2, -0.15) is 0 Å². The van der Waals surface area contributed by atoms with Crippen molar-refractivity contribution in [2.24, 2.45) is 5.92 Å². The molecular formula is C10H17N3O2. The molecule has 5 heteroatoms. The minimum Gasteiger partial charge on any atom is -0.354 e. The topological polar surface area (TPSA) is 70.2 Å². The summed E-state index contributed by atoms with van der Waals surface area (Å²) in [6, 6.07) is 0.128. The predicted molar refractivity (Wildman–Crippen MR) is 55.2 cm³/mol. The van der Waals surface area contributed by atoms with Crippen molar-refractivity contribution in [3.8, 4) is 0 Å². The first-order chi connectivity index (χ1) is 7.24. The fraction of sp³-hybridized carbons (Fsp3) is 0.800. The second kappa shape index (κ2) is 4.61. The Balaban J connectivity index is 1.66. The van der Waals surface area contributed by atoms with E-state index >= 15 is 0 Å². The minimum atomic E-state index is 0.0868. The molecule has 5 nitrogen and oxygen atoms in total. The first kappa shape index (κ1) is 10.4. The summed E-state index contributed by atoms with van der Waals surface area (Å²) in [5.41, 5.74) is 0. The number of rotatable bonds is 3. The molecule has 1 atom stereocenters. The normalized spacial score (nSPS) is 26.7. The van der Waals surface area contributed by atoms with Gasteiger partial charge in [0.15, 0.2) is 0 Å². The molecule has 2 saturated heterocycles. The maximum atomic E-state index is 11.5. The number of piperidine rings is 1. The highest BCUT2D eigenvalue weighted by atomic mass is 16.2. The molecule has 84 valence electrons. The van der Waals surface area contributed by atoms with E-state index in [-0.39, 0.29) is 17.9 Å². The molecule has 2 rings (SSSR count). The van der Waals surface area contributed by atoms with E-state index in [1.165, 1.54) is 0 Å². The van der Waals surface area contributed by atoms with Crippen LogP contribution >= 0.6 is 0 Å². The fourth-order valence-electron chi connectivity index (χ4n) is 1.90. The summed E-state index contributed by atoms with van der Waals surface area (Å²) in [4.78, 5) is 22.4. The molecule has 0 saturated carbocycles. The van der Waals surface area contributed by atoms with Crippen LogP contribution in [0.25, 0.3) is 0 Å². The van der Waals surface area contributed by atoms with Crippen LogP contribution in [0.15, 0.2) is 0 Å². The third-order valence-corrected chi connectivity index (χ3v) is 2.97. The number of carbonyl (C=O) groups is 2. The molecule has 3 N–H and O–H groups in total. The Morgan fingerprint density at radius 1 is 1.40 bits per heavy atom. The summed E-state index contributed by atoms with van der Waals surface area (Å²) in [7, 11) is 0. The molecular weight excluding hydrogens is 194 g/mol. The van der Waals surface area contributed by atoms with Gasteiger partial charge in [-0.15, -0.1) is 0 Å². The molecule has 2 aliphatic heterocycles. The molecule has 1 unspecified atom stereocenters. The van der Waals surface area contributed by atoms with Gasteiger partial charge in [-0.05, 0) is 25.4 Å². The van der Waals surface area contributed by atoms with Crippen LogP contribution in [0, 0.1) is 5.92 Å². The van der Waals surface area contributed by atoms with Crippen molar-refractivity contribution in [1.82, 2.24) is 16.0 Å². The Morgan fingerprint density at radius 2 is 2.20 bits per heavy atom. The van der Waals surface area contributed by atoms with Crippen LogP contribution < -0.4 is 16.0 Å². The van der Waals surface area contributed by atoms with Crippen LogP contribution in [0.4, 0.5) is 0 Å². The van der Waals surface area contributed by atoms with Gasteiger partial charge in [-0.3, -0.25) is 9.59 Å². The molecule has 0 bridgehead atoms. The van der Waals surface area contributed by atoms with Crippen molar-refractivity contribution >= 4 is 11.8 Å². The van der Waals surface area contributed by atoms with Crippen molar-refractivity contribution in [1.29, 1.82) is 0 Å². The van der Waals surface area contributed by atoms with E-state index in [4.69, 9.17) is 0 Å². The third kappa shape index (κ3) is 2.92. The summed E-state index contributed by atoms with van der Waals surface area (Å²) in [5, 5.41) is 8.85. The van der Waals surface area contributed by atoms with Gasteiger partial charge in [0.2, 0.25) is 11.8 Å². The van der Waals surface area contributed by atoms with Gasteiger partial charge in [0.25, 0.3) is 0 Å². The van der Waals surface area contributed by atoms with E-state index in [0.29, 0.717) is 25.3 Å². The van der Waals surface area contributed by atoms with E-state index < -0.39 is 0 Å². The second-order valence-electron chi connectivity index (χ2n) is 4.34. The summed E-state index contributed by atoms with van der Waals surface area (Å²) < 4.78 is 0.